The summed E-state index contributed by atoms with van der Waals surface area (Å²) in [6.45, 7) is 6.29. The first kappa shape index (κ1) is 36.1. The number of imidazole rings is 1. The number of carbonyl (C=O) groups is 2. The highest BCUT2D eigenvalue weighted by atomic mass is 31.2. The summed E-state index contributed by atoms with van der Waals surface area (Å²) in [5.41, 5.74) is 2.10. The quantitative estimate of drug-likeness (QED) is 0.0963. The van der Waals surface area contributed by atoms with Gasteiger partial charge in [0.2, 0.25) is 12.7 Å². The summed E-state index contributed by atoms with van der Waals surface area (Å²) in [7, 11) is -4.79. The minimum Gasteiger partial charge on any atom is -0.432 e. The number of phosphoric ester groups is 1. The number of aromatic amines is 1. The van der Waals surface area contributed by atoms with E-state index in [2.05, 4.69) is 19.7 Å². The predicted octanol–water partition coefficient (Wildman–Crippen LogP) is 0.857. The smallest absolute Gasteiger partial charge is 0.432 e. The first-order chi connectivity index (χ1) is 20.1. The Morgan fingerprint density at radius 2 is 1.88 bits per heavy atom. The van der Waals surface area contributed by atoms with Gasteiger partial charge < -0.3 is 44.4 Å². The molecule has 1 aliphatic heterocycles. The van der Waals surface area contributed by atoms with E-state index in [1.165, 1.54) is 0 Å². The number of anilines is 1. The van der Waals surface area contributed by atoms with Crippen molar-refractivity contribution in [3.8, 4) is 0 Å². The van der Waals surface area contributed by atoms with E-state index in [0.717, 1.165) is 17.8 Å². The molecule has 0 aliphatic carbocycles. The van der Waals surface area contributed by atoms with E-state index in [1.54, 1.807) is 27.7 Å². The molecule has 244 valence electrons. The zero-order valence-corrected chi connectivity index (χ0v) is 24.9. The number of nitrogens with two attached hydrogens (primary N) is 1. The third-order valence-electron chi connectivity index (χ3n) is 5.39. The highest BCUT2D eigenvalue weighted by Crippen LogP contribution is 2.53. The second kappa shape index (κ2) is 15.1. The Balaban J connectivity index is 0.00000316. The molecule has 43 heavy (non-hydrogen) atoms. The van der Waals surface area contributed by atoms with Gasteiger partial charge in [-0.05, 0) is 34.6 Å². The van der Waals surface area contributed by atoms with Crippen LogP contribution in [0.4, 0.5) is 15.1 Å². The maximum atomic E-state index is 16.0. The number of nitrogens with one attached hydrogen (secondary N) is 1. The molecular formula is C22H35FN5O14P. The Morgan fingerprint density at radius 1 is 1.23 bits per heavy atom. The second-order valence-corrected chi connectivity index (χ2v) is 11.1. The monoisotopic (exact) mass is 643 g/mol. The highest BCUT2D eigenvalue weighted by molar-refractivity contribution is 7.48. The number of aliphatic hydroxyl groups excluding tert-OH is 1. The summed E-state index contributed by atoms with van der Waals surface area (Å²) >= 11 is 0. The van der Waals surface area contributed by atoms with Crippen LogP contribution in [0, 0.1) is 0 Å². The lowest BCUT2D eigenvalue weighted by Crippen LogP contribution is -2.49. The summed E-state index contributed by atoms with van der Waals surface area (Å²) in [6.07, 6.45) is -4.91. The summed E-state index contributed by atoms with van der Waals surface area (Å²) in [4.78, 5) is 41.7. The normalized spacial score (nSPS) is 25.0. The zero-order chi connectivity index (χ0) is 32.6. The molecule has 0 radical (unpaired) electrons. The maximum Gasteiger partial charge on any atom is 0.510 e. The fourth-order valence-electron chi connectivity index (χ4n) is 3.47. The Labute approximate surface area is 243 Å². The lowest BCUT2D eigenvalue weighted by atomic mass is 9.95. The summed E-state index contributed by atoms with van der Waals surface area (Å²) in [5, 5.41) is 21.7. The van der Waals surface area contributed by atoms with Crippen LogP contribution in [-0.4, -0.2) is 99.4 Å². The predicted molar refractivity (Wildman–Crippen MR) is 141 cm³/mol. The number of fused-ring (bicyclic) bond motifs is 1. The molecule has 3 heterocycles. The van der Waals surface area contributed by atoms with E-state index in [1.807, 2.05) is 6.79 Å². The summed E-state index contributed by atoms with van der Waals surface area (Å²) in [6, 6.07) is 0. The fraction of sp³-hybridized carbons (Fsp3) is 0.682. The van der Waals surface area contributed by atoms with Crippen LogP contribution < -0.4 is 11.3 Å². The number of ether oxygens (including phenoxy) is 5. The van der Waals surface area contributed by atoms with Crippen LogP contribution in [0.5, 0.6) is 0 Å². The highest BCUT2D eigenvalue weighted by Gasteiger charge is 2.64. The van der Waals surface area contributed by atoms with Crippen LogP contribution in [0.15, 0.2) is 11.1 Å². The van der Waals surface area contributed by atoms with Gasteiger partial charge in [-0.2, -0.15) is 4.98 Å². The van der Waals surface area contributed by atoms with Crippen molar-refractivity contribution < 1.29 is 66.0 Å². The minimum atomic E-state index is -4.79. The number of rotatable bonds is 14. The molecule has 0 amide bonds. The van der Waals surface area contributed by atoms with E-state index in [9.17, 15) is 24.4 Å². The SMILES string of the molecule is C=O.CC(C)OCOCOP(=O)(OCOC(=O)OC(C)C)OC[C@@]1(F)O[C@@H](n2cnc3c(=O)[nH]c(N)nc32)[C@](C)(O)[C@@H]1O. The van der Waals surface area contributed by atoms with Crippen molar-refractivity contribution in [1.29, 1.82) is 0 Å². The van der Waals surface area contributed by atoms with E-state index < -0.39 is 69.6 Å². The lowest BCUT2D eigenvalue weighted by Gasteiger charge is -2.28. The van der Waals surface area contributed by atoms with E-state index in [4.69, 9.17) is 43.0 Å². The molecule has 0 bridgehead atoms. The Morgan fingerprint density at radius 3 is 2.51 bits per heavy atom. The number of halogens is 1. The molecule has 5 N–H and O–H groups in total. The van der Waals surface area contributed by atoms with Crippen molar-refractivity contribution in [3.05, 3.63) is 16.7 Å². The molecule has 19 nitrogen and oxygen atoms in total. The lowest BCUT2D eigenvalue weighted by molar-refractivity contribution is -0.206. The standard InChI is InChI=1S/C21H33FN5O13P.CH2O/c1-11(2)34-8-33-9-37-41(32,38-10-35-19(30)39-12(3)4)36-6-21(22)16(29)20(5,31)17(40-21)27-7-24-13-14(27)25-18(23)26-15(13)28;1-2/h7,11-12,16-17,29,31H,6,8-10H2,1-5H3,(H3,23,25,26,28);1H2/t16-,17+,20+,21+,41?;/m0./s1. The molecule has 21 heteroatoms. The summed E-state index contributed by atoms with van der Waals surface area (Å²) < 4.78 is 69.9. The third-order valence-corrected chi connectivity index (χ3v) is 6.68. The molecule has 1 unspecified atom stereocenters. The number of carbonyl (C=O) groups excluding carboxylic acids is 2. The van der Waals surface area contributed by atoms with Crippen molar-refractivity contribution in [2.75, 3.05) is 32.7 Å². The van der Waals surface area contributed by atoms with Gasteiger partial charge in [-0.1, -0.05) is 0 Å². The maximum absolute atomic E-state index is 16.0. The molecule has 0 spiro atoms. The van der Waals surface area contributed by atoms with Crippen LogP contribution in [0.1, 0.15) is 40.8 Å². The van der Waals surface area contributed by atoms with Crippen LogP contribution in [-0.2, 0) is 46.6 Å². The number of aromatic nitrogens is 4. The Kier molecular flexibility index (Phi) is 12.7. The third kappa shape index (κ3) is 9.21. The number of nitrogens with zero attached hydrogens (tertiary/aromatic N) is 3. The number of alkyl halides is 1. The van der Waals surface area contributed by atoms with Crippen molar-refractivity contribution in [3.63, 3.8) is 0 Å². The first-order valence-electron chi connectivity index (χ1n) is 12.4. The van der Waals surface area contributed by atoms with Crippen molar-refractivity contribution in [2.45, 2.75) is 70.6 Å². The van der Waals surface area contributed by atoms with Crippen molar-refractivity contribution in [1.82, 2.24) is 19.5 Å². The zero-order valence-electron chi connectivity index (χ0n) is 24.0. The first-order valence-corrected chi connectivity index (χ1v) is 13.9. The van der Waals surface area contributed by atoms with Crippen LogP contribution in [0.25, 0.3) is 11.2 Å². The number of aliphatic hydroxyl groups is 2. The van der Waals surface area contributed by atoms with E-state index >= 15 is 4.39 Å². The van der Waals surface area contributed by atoms with Gasteiger partial charge in [-0.25, -0.2) is 23.3 Å². The van der Waals surface area contributed by atoms with Crippen LogP contribution >= 0.6 is 7.82 Å². The molecule has 1 fully saturated rings. The molecule has 0 saturated carbocycles. The van der Waals surface area contributed by atoms with Crippen molar-refractivity contribution >= 4 is 37.9 Å². The van der Waals surface area contributed by atoms with Gasteiger partial charge in [-0.15, -0.1) is 0 Å². The molecule has 0 aromatic carbocycles. The number of nitrogen functional groups attached to an aromatic ring is 1. The average molecular weight is 644 g/mol. The summed E-state index contributed by atoms with van der Waals surface area (Å²) in [5.74, 6) is -3.54. The van der Waals surface area contributed by atoms with Gasteiger partial charge in [0.15, 0.2) is 24.2 Å². The number of H-pyrrole nitrogens is 1. The number of phosphoric acid groups is 1. The van der Waals surface area contributed by atoms with Gasteiger partial charge in [0.1, 0.15) is 31.9 Å². The van der Waals surface area contributed by atoms with Crippen molar-refractivity contribution in [2.24, 2.45) is 0 Å². The number of hydrogen-bond donors (Lipinski definition) is 4. The average Bonchev–Trinajstić information content (AvgIpc) is 3.41. The van der Waals surface area contributed by atoms with E-state index in [-0.39, 0.29) is 30.0 Å². The number of hydrogen-bond acceptors (Lipinski definition) is 17. The van der Waals surface area contributed by atoms with Crippen LogP contribution in [0.2, 0.25) is 0 Å². The molecule has 1 aliphatic rings. The van der Waals surface area contributed by atoms with Gasteiger partial charge in [0.05, 0.1) is 18.5 Å². The molecule has 2 aromatic heterocycles. The topological polar surface area (TPSA) is 255 Å². The van der Waals surface area contributed by atoms with E-state index in [0.29, 0.717) is 0 Å². The fourth-order valence-corrected chi connectivity index (χ4v) is 4.41. The Hall–Kier alpha value is -3.07. The molecule has 5 atom stereocenters. The molecule has 3 rings (SSSR count). The Bertz CT molecular complexity index is 1320. The second-order valence-electron chi connectivity index (χ2n) is 9.47. The molecule has 2 aromatic rings. The van der Waals surface area contributed by atoms with Gasteiger partial charge in [0.25, 0.3) is 11.4 Å². The minimum absolute atomic E-state index is 0.183. The van der Waals surface area contributed by atoms with Gasteiger partial charge in [-0.3, -0.25) is 23.4 Å². The largest absolute Gasteiger partial charge is 0.510 e. The molecular weight excluding hydrogens is 608 g/mol. The van der Waals surface area contributed by atoms with Crippen LogP contribution in [0.3, 0.4) is 0 Å². The van der Waals surface area contributed by atoms with Gasteiger partial charge in [0, 0.05) is 0 Å². The molecule has 1 saturated heterocycles. The van der Waals surface area contributed by atoms with Gasteiger partial charge >= 0.3 is 14.0 Å².